The first-order valence-electron chi connectivity index (χ1n) is 31.0. The molecule has 0 radical (unpaired) electrons. The lowest BCUT2D eigenvalue weighted by Crippen LogP contribution is -2.13. The third-order valence-corrected chi connectivity index (χ3v) is 13.4. The van der Waals surface area contributed by atoms with Crippen LogP contribution in [0.4, 0.5) is 0 Å². The van der Waals surface area contributed by atoms with Gasteiger partial charge in [-0.1, -0.05) is 83.8 Å². The quantitative estimate of drug-likeness (QED) is 0.0262. The van der Waals surface area contributed by atoms with E-state index in [0.717, 1.165) is 45.4 Å². The predicted octanol–water partition coefficient (Wildman–Crippen LogP) is 9.18. The Morgan fingerprint density at radius 3 is 0.839 bits per heavy atom. The molecule has 490 valence electrons. The van der Waals surface area contributed by atoms with E-state index in [1.807, 2.05) is 72.8 Å². The fraction of sp³-hybridized carbons (Fsp3) is 0.387. The minimum absolute atomic E-state index is 0.272. The maximum absolute atomic E-state index is 6.35. The van der Waals surface area contributed by atoms with Crippen LogP contribution in [0.3, 0.4) is 0 Å². The fourth-order valence-corrected chi connectivity index (χ4v) is 8.56. The molecule has 7 rings (SSSR count). The minimum Gasteiger partial charge on any atom is -0.490 e. The highest BCUT2D eigenvalue weighted by Crippen LogP contribution is 2.34. The van der Waals surface area contributed by atoms with Crippen LogP contribution in [0.1, 0.15) is 62.1 Å². The second kappa shape index (κ2) is 45.0. The number of rotatable bonds is 42. The number of benzene rings is 4. The van der Waals surface area contributed by atoms with E-state index >= 15 is 0 Å². The van der Waals surface area contributed by atoms with Crippen LogP contribution in [0.15, 0.2) is 134 Å². The molecule has 2 aromatic heterocycles. The van der Waals surface area contributed by atoms with Gasteiger partial charge in [-0.15, -0.1) is 0 Å². The predicted molar refractivity (Wildman–Crippen MR) is 355 cm³/mol. The van der Waals surface area contributed by atoms with Gasteiger partial charge in [0.15, 0.2) is 0 Å². The molecule has 2 heterocycles. The zero-order chi connectivity index (χ0) is 64.9. The van der Waals surface area contributed by atoms with Crippen LogP contribution in [0.25, 0.3) is 11.1 Å². The van der Waals surface area contributed by atoms with Crippen LogP contribution < -0.4 is 18.9 Å². The molecule has 18 nitrogen and oxygen atoms in total. The first-order valence-corrected chi connectivity index (χ1v) is 31.0. The molecule has 6 aromatic rings. The van der Waals surface area contributed by atoms with E-state index in [-0.39, 0.29) is 26.4 Å². The number of hydrogen-bond donors (Lipinski definition) is 0. The van der Waals surface area contributed by atoms with Gasteiger partial charge in [0.2, 0.25) is 0 Å². The van der Waals surface area contributed by atoms with E-state index in [1.54, 1.807) is 53.2 Å². The number of hydrogen-bond acceptors (Lipinski definition) is 18. The van der Waals surface area contributed by atoms with Gasteiger partial charge in [-0.25, -0.2) is 0 Å². The van der Waals surface area contributed by atoms with Gasteiger partial charge in [0, 0.05) is 99.7 Å². The molecule has 0 aliphatic heterocycles. The van der Waals surface area contributed by atoms with Crippen molar-refractivity contribution in [2.45, 2.75) is 6.42 Å². The Labute approximate surface area is 548 Å². The number of pyridine rings is 2. The van der Waals surface area contributed by atoms with Crippen molar-refractivity contribution in [3.8, 4) is 70.4 Å². The normalized spacial score (nSPS) is 11.4. The third-order valence-electron chi connectivity index (χ3n) is 13.4. The number of ether oxygens (including phenoxy) is 16. The van der Waals surface area contributed by atoms with Crippen LogP contribution in [-0.2, 0) is 56.8 Å². The lowest BCUT2D eigenvalue weighted by molar-refractivity contribution is 0.0177. The van der Waals surface area contributed by atoms with Crippen LogP contribution in [0.5, 0.6) is 23.0 Å². The van der Waals surface area contributed by atoms with E-state index in [0.29, 0.717) is 177 Å². The third kappa shape index (κ3) is 28.2. The van der Waals surface area contributed by atoms with Crippen molar-refractivity contribution >= 4 is 11.1 Å². The Balaban J connectivity index is 1.05. The second-order valence-electron chi connectivity index (χ2n) is 20.1. The number of aromatic nitrogens is 2. The molecule has 0 saturated carbocycles. The Kier molecular flexibility index (Phi) is 34.9. The molecule has 1 aliphatic carbocycles. The van der Waals surface area contributed by atoms with Gasteiger partial charge in [0.05, 0.1) is 154 Å². The lowest BCUT2D eigenvalue weighted by Gasteiger charge is -2.14. The first kappa shape index (κ1) is 72.1. The SMILES string of the molecule is COCCOCCOCCOc1cc(C#Cc2ccc(C3=CCC(c4ccc(C#Cc5cc(OCCOCCOCCOC)c(C#Cc6ccncc6)cc5OCCOCCOCCOC)cc4)=C3)cc2)c(OCCOCCOCCOC)cc1C#Cc1ccncc1. The summed E-state index contributed by atoms with van der Waals surface area (Å²) in [4.78, 5) is 8.27. The van der Waals surface area contributed by atoms with Crippen molar-refractivity contribution in [2.24, 2.45) is 0 Å². The van der Waals surface area contributed by atoms with E-state index in [9.17, 15) is 0 Å². The van der Waals surface area contributed by atoms with Gasteiger partial charge < -0.3 is 75.8 Å². The highest BCUT2D eigenvalue weighted by molar-refractivity contribution is 5.89. The van der Waals surface area contributed by atoms with E-state index in [2.05, 4.69) is 93.7 Å². The Hall–Kier alpha value is -8.38. The Bertz CT molecular complexity index is 3440. The van der Waals surface area contributed by atoms with Crippen LogP contribution in [0.2, 0.25) is 0 Å². The molecule has 0 spiro atoms. The molecular formula is C75H84N2O16. The lowest BCUT2D eigenvalue weighted by atomic mass is 10.0. The smallest absolute Gasteiger partial charge is 0.136 e. The number of methoxy groups -OCH3 is 4. The summed E-state index contributed by atoms with van der Waals surface area (Å²) in [5, 5.41) is 0. The molecule has 0 saturated heterocycles. The first-order chi connectivity index (χ1) is 46.0. The minimum atomic E-state index is 0.272. The zero-order valence-electron chi connectivity index (χ0n) is 53.8. The zero-order valence-corrected chi connectivity index (χ0v) is 53.8. The van der Waals surface area contributed by atoms with Crippen molar-refractivity contribution in [3.63, 3.8) is 0 Å². The maximum atomic E-state index is 6.35. The summed E-state index contributed by atoms with van der Waals surface area (Å²) in [5.74, 6) is 28.6. The van der Waals surface area contributed by atoms with Gasteiger partial charge in [-0.05, 0) is 77.2 Å². The molecule has 1 aliphatic rings. The molecule has 0 bridgehead atoms. The molecule has 0 atom stereocenters. The summed E-state index contributed by atoms with van der Waals surface area (Å²) in [7, 11) is 6.56. The van der Waals surface area contributed by atoms with Gasteiger partial charge in [-0.3, -0.25) is 9.97 Å². The van der Waals surface area contributed by atoms with Crippen molar-refractivity contribution in [2.75, 3.05) is 187 Å². The van der Waals surface area contributed by atoms with Crippen molar-refractivity contribution in [1.82, 2.24) is 9.97 Å². The molecule has 4 aromatic carbocycles. The summed E-state index contributed by atoms with van der Waals surface area (Å²) < 4.78 is 91.0. The monoisotopic (exact) mass is 1270 g/mol. The van der Waals surface area contributed by atoms with Crippen LogP contribution >= 0.6 is 0 Å². The average molecular weight is 1270 g/mol. The fourth-order valence-electron chi connectivity index (χ4n) is 8.56. The largest absolute Gasteiger partial charge is 0.490 e. The average Bonchev–Trinajstić information content (AvgIpc) is 1.38. The Morgan fingerprint density at radius 2 is 0.548 bits per heavy atom. The molecule has 93 heavy (non-hydrogen) atoms. The summed E-state index contributed by atoms with van der Waals surface area (Å²) in [5.41, 5.74) is 10.3. The maximum Gasteiger partial charge on any atom is 0.136 e. The van der Waals surface area contributed by atoms with Crippen molar-refractivity contribution in [3.05, 3.63) is 190 Å². The molecule has 0 unspecified atom stereocenters. The van der Waals surface area contributed by atoms with Crippen molar-refractivity contribution < 1.29 is 75.8 Å². The van der Waals surface area contributed by atoms with Crippen LogP contribution in [0, 0.1) is 47.4 Å². The van der Waals surface area contributed by atoms with Gasteiger partial charge in [0.1, 0.15) is 49.4 Å². The summed E-state index contributed by atoms with van der Waals surface area (Å²) in [6.07, 6.45) is 12.1. The molecular weight excluding hydrogens is 1180 g/mol. The standard InChI is InChI=1S/C75H84N2O16/c1-78-31-35-82-39-43-86-47-51-90-72-58-70(19-11-62-23-27-76-28-24-62)74(92-53-49-88-45-41-84-37-33-80-3)56-68(72)17-9-60-5-13-64(14-6-60)66-21-22-67(55-66)65-15-7-61(8-16-65)10-18-69-57-75(93-54-50-89-46-42-85-38-34-81-4)71(20-12-63-25-29-77-30-26-63)59-73(69)91-52-48-87-44-40-83-36-32-79-2/h5-8,13-16,21,23-30,55-59H,22,31-54H2,1-4H3. The molecule has 0 N–H and O–H groups in total. The number of nitrogens with zero attached hydrogens (tertiary/aromatic N) is 2. The van der Waals surface area contributed by atoms with E-state index in [4.69, 9.17) is 75.8 Å². The van der Waals surface area contributed by atoms with E-state index < -0.39 is 0 Å². The summed E-state index contributed by atoms with van der Waals surface area (Å²) in [6, 6.07) is 31.4. The topological polar surface area (TPSA) is 173 Å². The highest BCUT2D eigenvalue weighted by atomic mass is 16.6. The number of allylic oxidation sites excluding steroid dienone is 4. The molecule has 18 heteroatoms. The van der Waals surface area contributed by atoms with Crippen LogP contribution in [-0.4, -0.2) is 197 Å². The highest BCUT2D eigenvalue weighted by Gasteiger charge is 2.15. The van der Waals surface area contributed by atoms with Crippen molar-refractivity contribution in [1.29, 1.82) is 0 Å². The van der Waals surface area contributed by atoms with Gasteiger partial charge >= 0.3 is 0 Å². The van der Waals surface area contributed by atoms with Gasteiger partial charge in [-0.2, -0.15) is 0 Å². The van der Waals surface area contributed by atoms with Gasteiger partial charge in [0.25, 0.3) is 0 Å². The summed E-state index contributed by atoms with van der Waals surface area (Å²) >= 11 is 0. The second-order valence-corrected chi connectivity index (χ2v) is 20.1. The Morgan fingerprint density at radius 1 is 0.290 bits per heavy atom. The van der Waals surface area contributed by atoms with E-state index in [1.165, 1.54) is 5.57 Å². The summed E-state index contributed by atoms with van der Waals surface area (Å²) in [6.45, 7) is 10.0. The molecule has 0 amide bonds. The molecule has 0 fully saturated rings.